The van der Waals surface area contributed by atoms with Crippen molar-refractivity contribution < 1.29 is 18.0 Å². The fourth-order valence-corrected chi connectivity index (χ4v) is 3.71. The minimum Gasteiger partial charge on any atom is -0.318 e. The second kappa shape index (κ2) is 8.42. The molecule has 8 nitrogen and oxygen atoms in total. The molecule has 2 amide bonds. The van der Waals surface area contributed by atoms with Crippen molar-refractivity contribution in [3.05, 3.63) is 83.2 Å². The van der Waals surface area contributed by atoms with Gasteiger partial charge in [0, 0.05) is 28.3 Å². The first-order chi connectivity index (χ1) is 14.2. The molecule has 0 saturated carbocycles. The van der Waals surface area contributed by atoms with Crippen molar-refractivity contribution in [3.8, 4) is 5.69 Å². The maximum atomic E-state index is 12.6. The van der Waals surface area contributed by atoms with E-state index < -0.39 is 21.8 Å². The molecule has 1 aromatic heterocycles. The molecule has 0 aliphatic carbocycles. The van der Waals surface area contributed by atoms with E-state index >= 15 is 0 Å². The van der Waals surface area contributed by atoms with E-state index in [0.29, 0.717) is 5.56 Å². The number of carbonyl (C=O) groups is 2. The van der Waals surface area contributed by atoms with Crippen molar-refractivity contribution in [2.75, 3.05) is 11.0 Å². The number of rotatable bonds is 5. The van der Waals surface area contributed by atoms with Crippen LogP contribution in [0.25, 0.3) is 5.69 Å². The lowest BCUT2D eigenvalue weighted by Crippen LogP contribution is -2.41. The van der Waals surface area contributed by atoms with Crippen molar-refractivity contribution in [1.29, 1.82) is 0 Å². The van der Waals surface area contributed by atoms with Crippen LogP contribution in [0.3, 0.4) is 0 Å². The predicted molar refractivity (Wildman–Crippen MR) is 115 cm³/mol. The van der Waals surface area contributed by atoms with E-state index in [0.717, 1.165) is 23.3 Å². The molecule has 0 unspecified atom stereocenters. The molecule has 30 heavy (non-hydrogen) atoms. The first kappa shape index (κ1) is 21.1. The minimum absolute atomic E-state index is 0.193. The van der Waals surface area contributed by atoms with E-state index in [1.807, 2.05) is 48.7 Å². The fourth-order valence-electron chi connectivity index (χ4n) is 3.16. The Hall–Kier alpha value is -3.59. The van der Waals surface area contributed by atoms with Gasteiger partial charge < -0.3 is 4.57 Å². The second-order valence-corrected chi connectivity index (χ2v) is 8.57. The number of hydrogen-bond donors (Lipinski definition) is 3. The molecule has 0 atom stereocenters. The molecule has 2 aromatic carbocycles. The number of nitrogens with zero attached hydrogens (tertiary/aromatic N) is 1. The maximum absolute atomic E-state index is 12.6. The lowest BCUT2D eigenvalue weighted by Gasteiger charge is -2.11. The van der Waals surface area contributed by atoms with E-state index in [4.69, 9.17) is 0 Å². The summed E-state index contributed by atoms with van der Waals surface area (Å²) in [5, 5.41) is 0. The number of aromatic nitrogens is 1. The summed E-state index contributed by atoms with van der Waals surface area (Å²) < 4.78 is 27.0. The molecule has 9 heteroatoms. The lowest BCUT2D eigenvalue weighted by molar-refractivity contribution is 0.0846. The van der Waals surface area contributed by atoms with Gasteiger partial charge in [-0.25, -0.2) is 8.42 Å². The molecular formula is C21H22N4O4S. The highest BCUT2D eigenvalue weighted by atomic mass is 32.2. The average molecular weight is 426 g/mol. The molecule has 1 heterocycles. The molecule has 0 bridgehead atoms. The van der Waals surface area contributed by atoms with Crippen molar-refractivity contribution in [1.82, 2.24) is 15.4 Å². The van der Waals surface area contributed by atoms with Gasteiger partial charge in [0.1, 0.15) is 0 Å². The largest absolute Gasteiger partial charge is 0.318 e. The summed E-state index contributed by atoms with van der Waals surface area (Å²) in [6, 6.07) is 17.3. The number of hydrazine groups is 1. The van der Waals surface area contributed by atoms with Crippen LogP contribution in [0.5, 0.6) is 0 Å². The molecule has 0 saturated heterocycles. The lowest BCUT2D eigenvalue weighted by atomic mass is 10.2. The highest BCUT2D eigenvalue weighted by Crippen LogP contribution is 2.20. The normalized spacial score (nSPS) is 11.0. The van der Waals surface area contributed by atoms with Crippen molar-refractivity contribution >= 4 is 27.5 Å². The molecule has 0 fully saturated rings. The highest BCUT2D eigenvalue weighted by Gasteiger charge is 2.17. The van der Waals surface area contributed by atoms with Crippen molar-refractivity contribution in [3.63, 3.8) is 0 Å². The van der Waals surface area contributed by atoms with E-state index in [1.54, 1.807) is 6.07 Å². The maximum Gasteiger partial charge on any atom is 0.271 e. The summed E-state index contributed by atoms with van der Waals surface area (Å²) >= 11 is 0. The summed E-state index contributed by atoms with van der Waals surface area (Å²) in [7, 11) is -3.46. The summed E-state index contributed by atoms with van der Waals surface area (Å²) in [5.41, 5.74) is 8.21. The summed E-state index contributed by atoms with van der Waals surface area (Å²) in [5.74, 6) is -1.03. The Kier molecular flexibility index (Phi) is 5.93. The van der Waals surface area contributed by atoms with Gasteiger partial charge >= 0.3 is 0 Å². The van der Waals surface area contributed by atoms with Crippen LogP contribution in [-0.4, -0.2) is 31.1 Å². The Bertz CT molecular complexity index is 1200. The molecule has 3 aromatic rings. The quantitative estimate of drug-likeness (QED) is 0.545. The number of para-hydroxylation sites is 1. The van der Waals surface area contributed by atoms with Gasteiger partial charge in [-0.15, -0.1) is 0 Å². The van der Waals surface area contributed by atoms with Crippen molar-refractivity contribution in [2.45, 2.75) is 13.8 Å². The summed E-state index contributed by atoms with van der Waals surface area (Å²) in [6.07, 6.45) is 1.02. The van der Waals surface area contributed by atoms with Gasteiger partial charge in [0.25, 0.3) is 11.8 Å². The number of benzene rings is 2. The Morgan fingerprint density at radius 1 is 0.867 bits per heavy atom. The monoisotopic (exact) mass is 426 g/mol. The number of amides is 2. The van der Waals surface area contributed by atoms with Crippen LogP contribution in [0.4, 0.5) is 5.69 Å². The van der Waals surface area contributed by atoms with Crippen LogP contribution in [0.15, 0.2) is 60.7 Å². The van der Waals surface area contributed by atoms with Gasteiger partial charge in [-0.3, -0.25) is 25.2 Å². The van der Waals surface area contributed by atoms with Crippen LogP contribution in [0.1, 0.15) is 32.1 Å². The Morgan fingerprint density at radius 3 is 2.20 bits per heavy atom. The zero-order chi connectivity index (χ0) is 21.9. The first-order valence-corrected chi connectivity index (χ1v) is 11.0. The molecular weight excluding hydrogens is 404 g/mol. The van der Waals surface area contributed by atoms with E-state index in [-0.39, 0.29) is 11.3 Å². The minimum atomic E-state index is -3.46. The predicted octanol–water partition coefficient (Wildman–Crippen LogP) is 2.54. The number of hydrogen-bond acceptors (Lipinski definition) is 4. The van der Waals surface area contributed by atoms with Gasteiger partial charge in [0.05, 0.1) is 11.8 Å². The third kappa shape index (κ3) is 4.87. The Labute approximate surface area is 174 Å². The van der Waals surface area contributed by atoms with Crippen LogP contribution >= 0.6 is 0 Å². The summed E-state index contributed by atoms with van der Waals surface area (Å²) in [6.45, 7) is 3.73. The Morgan fingerprint density at radius 2 is 1.53 bits per heavy atom. The summed E-state index contributed by atoms with van der Waals surface area (Å²) in [4.78, 5) is 25.0. The molecule has 0 aliphatic rings. The van der Waals surface area contributed by atoms with Gasteiger partial charge in [-0.2, -0.15) is 0 Å². The molecule has 3 rings (SSSR count). The number of nitrogens with one attached hydrogen (secondary N) is 3. The SMILES string of the molecule is Cc1cc(C(=O)NNC(=O)c2cccc(NS(C)(=O)=O)c2)c(C)n1-c1ccccc1. The van der Waals surface area contributed by atoms with Crippen LogP contribution in [0.2, 0.25) is 0 Å². The number of anilines is 1. The van der Waals surface area contributed by atoms with Crippen molar-refractivity contribution in [2.24, 2.45) is 0 Å². The van der Waals surface area contributed by atoms with E-state index in [2.05, 4.69) is 15.6 Å². The molecule has 156 valence electrons. The molecule has 0 aliphatic heterocycles. The van der Waals surface area contributed by atoms with Gasteiger partial charge in [-0.1, -0.05) is 24.3 Å². The third-order valence-electron chi connectivity index (χ3n) is 4.41. The number of sulfonamides is 1. The van der Waals surface area contributed by atoms with Crippen LogP contribution < -0.4 is 15.6 Å². The van der Waals surface area contributed by atoms with E-state index in [1.165, 1.54) is 24.3 Å². The van der Waals surface area contributed by atoms with Crippen LogP contribution in [-0.2, 0) is 10.0 Å². The van der Waals surface area contributed by atoms with E-state index in [9.17, 15) is 18.0 Å². The van der Waals surface area contributed by atoms with Gasteiger partial charge in [0.2, 0.25) is 10.0 Å². The zero-order valence-corrected chi connectivity index (χ0v) is 17.6. The average Bonchev–Trinajstić information content (AvgIpc) is 2.99. The standard InChI is InChI=1S/C21H22N4O4S/c1-14-12-19(15(2)25(14)18-10-5-4-6-11-18)21(27)23-22-20(26)16-8-7-9-17(13-16)24-30(3,28)29/h4-13,24H,1-3H3,(H,22,26)(H,23,27). The van der Waals surface area contributed by atoms with Gasteiger partial charge in [-0.05, 0) is 50.2 Å². The molecule has 3 N–H and O–H groups in total. The molecule has 0 radical (unpaired) electrons. The smallest absolute Gasteiger partial charge is 0.271 e. The number of carbonyl (C=O) groups excluding carboxylic acids is 2. The topological polar surface area (TPSA) is 109 Å². The highest BCUT2D eigenvalue weighted by molar-refractivity contribution is 7.92. The number of aryl methyl sites for hydroxylation is 1. The van der Waals surface area contributed by atoms with Crippen LogP contribution in [0, 0.1) is 13.8 Å². The Balaban J connectivity index is 1.72. The fraction of sp³-hybridized carbons (Fsp3) is 0.143. The first-order valence-electron chi connectivity index (χ1n) is 9.08. The molecule has 0 spiro atoms. The zero-order valence-electron chi connectivity index (χ0n) is 16.8. The third-order valence-corrected chi connectivity index (χ3v) is 5.01. The second-order valence-electron chi connectivity index (χ2n) is 6.82. The van der Waals surface area contributed by atoms with Gasteiger partial charge in [0.15, 0.2) is 0 Å².